The van der Waals surface area contributed by atoms with E-state index < -0.39 is 0 Å². The largest absolute Gasteiger partial charge is 0.377 e. The number of unbranched alkanes of at least 4 members (excludes halogenated alkanes) is 1. The van der Waals surface area contributed by atoms with E-state index in [4.69, 9.17) is 0 Å². The maximum atomic E-state index is 4.61. The molecule has 0 spiro atoms. The summed E-state index contributed by atoms with van der Waals surface area (Å²) in [6.07, 6.45) is 16.2. The van der Waals surface area contributed by atoms with Crippen LogP contribution < -0.4 is 4.90 Å². The van der Waals surface area contributed by atoms with Crippen LogP contribution in [-0.2, 0) is 12.8 Å². The lowest BCUT2D eigenvalue weighted by atomic mass is 9.81. The third kappa shape index (κ3) is 6.20. The van der Waals surface area contributed by atoms with Crippen LogP contribution >= 0.6 is 0 Å². The number of pyridine rings is 1. The molecule has 0 atom stereocenters. The molecule has 31 heavy (non-hydrogen) atoms. The second kappa shape index (κ2) is 10.6. The normalized spacial score (nSPS) is 16.5. The number of aryl methyl sites for hydroxylation is 1. The second-order valence-electron chi connectivity index (χ2n) is 9.36. The number of hydrogen-bond acceptors (Lipinski definition) is 3. The monoisotopic (exact) mass is 413 g/mol. The van der Waals surface area contributed by atoms with Crippen molar-refractivity contribution in [1.82, 2.24) is 4.98 Å². The van der Waals surface area contributed by atoms with Crippen molar-refractivity contribution >= 4 is 17.7 Å². The maximum absolute atomic E-state index is 4.61. The molecule has 0 unspecified atom stereocenters. The van der Waals surface area contributed by atoms with Gasteiger partial charge >= 0.3 is 0 Å². The number of rotatable bonds is 8. The number of anilines is 1. The summed E-state index contributed by atoms with van der Waals surface area (Å²) in [5.74, 6) is 9.15. The van der Waals surface area contributed by atoms with Crippen molar-refractivity contribution in [3.05, 3.63) is 53.2 Å². The highest BCUT2D eigenvalue weighted by atomic mass is 15.1. The van der Waals surface area contributed by atoms with Gasteiger partial charge in [-0.15, -0.1) is 0 Å². The topological polar surface area (TPSA) is 28.5 Å². The molecule has 0 radical (unpaired) electrons. The first kappa shape index (κ1) is 21.6. The van der Waals surface area contributed by atoms with Gasteiger partial charge in [-0.3, -0.25) is 0 Å². The highest BCUT2D eigenvalue weighted by Gasteiger charge is 2.17. The molecule has 4 rings (SSSR count). The molecule has 0 N–H and O–H groups in total. The molecule has 0 saturated heterocycles. The summed E-state index contributed by atoms with van der Waals surface area (Å²) in [4.78, 5) is 11.2. The highest BCUT2D eigenvalue weighted by molar-refractivity contribution is 5.62. The Bertz CT molecular complexity index is 956. The van der Waals surface area contributed by atoms with Crippen LogP contribution in [0.4, 0.5) is 11.5 Å². The minimum atomic E-state index is 0.621. The number of hydrogen-bond donors (Lipinski definition) is 0. The van der Waals surface area contributed by atoms with E-state index in [9.17, 15) is 0 Å². The third-order valence-electron chi connectivity index (χ3n) is 6.65. The predicted octanol–water partition coefficient (Wildman–Crippen LogP) is 6.37. The Morgan fingerprint density at radius 2 is 1.94 bits per heavy atom. The zero-order chi connectivity index (χ0) is 21.5. The zero-order valence-corrected chi connectivity index (χ0v) is 19.1. The van der Waals surface area contributed by atoms with Gasteiger partial charge in [-0.25, -0.2) is 9.98 Å². The summed E-state index contributed by atoms with van der Waals surface area (Å²) < 4.78 is 0. The maximum Gasteiger partial charge on any atom is 0.151 e. The Balaban J connectivity index is 1.29. The van der Waals surface area contributed by atoms with E-state index in [-0.39, 0.29) is 0 Å². The molecule has 1 aromatic heterocycles. The Kier molecular flexibility index (Phi) is 7.41. The molecular weight excluding hydrogens is 378 g/mol. The van der Waals surface area contributed by atoms with Gasteiger partial charge in [0.1, 0.15) is 0 Å². The summed E-state index contributed by atoms with van der Waals surface area (Å²) in [7, 11) is 4.23. The molecule has 3 nitrogen and oxygen atoms in total. The van der Waals surface area contributed by atoms with E-state index in [1.165, 1.54) is 61.8 Å². The van der Waals surface area contributed by atoms with E-state index in [0.29, 0.717) is 5.92 Å². The molecule has 0 bridgehead atoms. The second-order valence-corrected chi connectivity index (χ2v) is 9.36. The molecule has 2 fully saturated rings. The van der Waals surface area contributed by atoms with Gasteiger partial charge in [0.2, 0.25) is 0 Å². The molecule has 2 saturated carbocycles. The predicted molar refractivity (Wildman–Crippen MR) is 131 cm³/mol. The molecule has 0 aliphatic heterocycles. The molecule has 162 valence electrons. The Morgan fingerprint density at radius 1 is 1.10 bits per heavy atom. The van der Waals surface area contributed by atoms with Gasteiger partial charge in [-0.2, -0.15) is 0 Å². The van der Waals surface area contributed by atoms with E-state index in [1.807, 2.05) is 12.4 Å². The average molecular weight is 414 g/mol. The fourth-order valence-corrected chi connectivity index (χ4v) is 4.24. The smallest absolute Gasteiger partial charge is 0.151 e. The zero-order valence-electron chi connectivity index (χ0n) is 19.1. The van der Waals surface area contributed by atoms with Gasteiger partial charge in [0.05, 0.1) is 0 Å². The Labute approximate surface area is 188 Å². The molecule has 2 aromatic rings. The average Bonchev–Trinajstić information content (AvgIpc) is 2.70. The minimum Gasteiger partial charge on any atom is -0.377 e. The van der Waals surface area contributed by atoms with Crippen molar-refractivity contribution in [2.24, 2.45) is 16.8 Å². The molecule has 1 aromatic carbocycles. The fourth-order valence-electron chi connectivity index (χ4n) is 4.24. The number of aliphatic imine (C=N–C) groups is 1. The number of benzene rings is 1. The first-order valence-electron chi connectivity index (χ1n) is 12.0. The van der Waals surface area contributed by atoms with Gasteiger partial charge in [0, 0.05) is 43.7 Å². The van der Waals surface area contributed by atoms with Crippen LogP contribution in [0.15, 0.2) is 41.5 Å². The van der Waals surface area contributed by atoms with Crippen molar-refractivity contribution in [3.8, 4) is 11.8 Å². The summed E-state index contributed by atoms with van der Waals surface area (Å²) >= 11 is 0. The van der Waals surface area contributed by atoms with E-state index in [1.54, 1.807) is 0 Å². The van der Waals surface area contributed by atoms with Crippen LogP contribution in [0.5, 0.6) is 0 Å². The molecular formula is C28H35N3. The lowest BCUT2D eigenvalue weighted by Crippen LogP contribution is -2.13. The lowest BCUT2D eigenvalue weighted by Gasteiger charge is -2.25. The van der Waals surface area contributed by atoms with Gasteiger partial charge in [-0.1, -0.05) is 43.6 Å². The van der Waals surface area contributed by atoms with E-state index >= 15 is 0 Å². The van der Waals surface area contributed by atoms with Crippen LogP contribution in [0.1, 0.15) is 68.1 Å². The Morgan fingerprint density at radius 3 is 2.65 bits per heavy atom. The lowest BCUT2D eigenvalue weighted by molar-refractivity contribution is 0.314. The molecule has 1 heterocycles. The minimum absolute atomic E-state index is 0.621. The van der Waals surface area contributed by atoms with Crippen molar-refractivity contribution in [2.45, 2.75) is 64.2 Å². The summed E-state index contributed by atoms with van der Waals surface area (Å²) in [5, 5.41) is 0. The molecule has 2 aliphatic carbocycles. The van der Waals surface area contributed by atoms with Crippen LogP contribution in [-0.4, -0.2) is 25.3 Å². The quantitative estimate of drug-likeness (QED) is 0.286. The van der Waals surface area contributed by atoms with Gasteiger partial charge in [0.25, 0.3) is 0 Å². The van der Waals surface area contributed by atoms with Crippen LogP contribution in [0, 0.1) is 23.7 Å². The van der Waals surface area contributed by atoms with Crippen molar-refractivity contribution in [2.75, 3.05) is 19.0 Å². The summed E-state index contributed by atoms with van der Waals surface area (Å²) in [5.41, 5.74) is 5.17. The van der Waals surface area contributed by atoms with E-state index in [0.717, 1.165) is 36.6 Å². The van der Waals surface area contributed by atoms with Gasteiger partial charge < -0.3 is 4.90 Å². The Hall–Kier alpha value is -2.60. The number of nitrogens with zero attached hydrogens (tertiary/aromatic N) is 3. The van der Waals surface area contributed by atoms with E-state index in [2.05, 4.69) is 71.1 Å². The summed E-state index contributed by atoms with van der Waals surface area (Å²) in [6.45, 7) is 0. The molecule has 3 heteroatoms. The van der Waals surface area contributed by atoms with Crippen LogP contribution in [0.3, 0.4) is 0 Å². The number of aromatic nitrogens is 1. The van der Waals surface area contributed by atoms with Crippen molar-refractivity contribution < 1.29 is 0 Å². The molecule has 2 aliphatic rings. The molecule has 0 amide bonds. The highest BCUT2D eigenvalue weighted by Crippen LogP contribution is 2.30. The third-order valence-corrected chi connectivity index (χ3v) is 6.65. The van der Waals surface area contributed by atoms with Crippen LogP contribution in [0.2, 0.25) is 0 Å². The SMILES string of the molecule is CN(C)c1cc(C#CC2CCC2)ccc1CCCC=Nc1cc(CC2CCC2)ccn1. The van der Waals surface area contributed by atoms with Gasteiger partial charge in [-0.05, 0) is 79.8 Å². The first-order chi connectivity index (χ1) is 15.2. The van der Waals surface area contributed by atoms with Gasteiger partial charge in [0.15, 0.2) is 5.82 Å². The summed E-state index contributed by atoms with van der Waals surface area (Å²) in [6, 6.07) is 11.0. The van der Waals surface area contributed by atoms with Crippen molar-refractivity contribution in [3.63, 3.8) is 0 Å². The first-order valence-corrected chi connectivity index (χ1v) is 12.0. The fraction of sp³-hybridized carbons (Fsp3) is 0.500. The van der Waals surface area contributed by atoms with Crippen molar-refractivity contribution in [1.29, 1.82) is 0 Å². The standard InChI is InChI=1S/C28H35N3/c1-31(2)27-20-24(13-12-22-7-5-8-22)14-15-26(27)11-3-4-17-29-28-21-25(16-18-30-28)19-23-9-6-10-23/h14-18,20-23H,3-11,19H2,1-2H3. The van der Waals surface area contributed by atoms with Crippen LogP contribution in [0.25, 0.3) is 0 Å².